The Morgan fingerprint density at radius 2 is 1.87 bits per heavy atom. The lowest BCUT2D eigenvalue weighted by molar-refractivity contribution is 0.0599. The van der Waals surface area contributed by atoms with Crippen LogP contribution in [0.25, 0.3) is 5.69 Å². The van der Waals surface area contributed by atoms with Gasteiger partial charge in [-0.05, 0) is 30.5 Å². The van der Waals surface area contributed by atoms with Crippen molar-refractivity contribution in [1.29, 1.82) is 0 Å². The Hall–Kier alpha value is -2.67. The summed E-state index contributed by atoms with van der Waals surface area (Å²) in [4.78, 5) is 28.3. The van der Waals surface area contributed by atoms with Gasteiger partial charge in [0.25, 0.3) is 5.56 Å². The molecule has 23 heavy (non-hydrogen) atoms. The molecule has 0 unspecified atom stereocenters. The molecule has 0 radical (unpaired) electrons. The van der Waals surface area contributed by atoms with Crippen LogP contribution >= 0.6 is 0 Å². The van der Waals surface area contributed by atoms with Crippen LogP contribution in [0.5, 0.6) is 0 Å². The number of hydrogen-bond donors (Lipinski definition) is 1. The van der Waals surface area contributed by atoms with E-state index in [1.165, 1.54) is 18.0 Å². The largest absolute Gasteiger partial charge is 0.465 e. The van der Waals surface area contributed by atoms with Crippen molar-refractivity contribution in [2.24, 2.45) is 0 Å². The van der Waals surface area contributed by atoms with E-state index < -0.39 is 11.5 Å². The molecule has 0 atom stereocenters. The summed E-state index contributed by atoms with van der Waals surface area (Å²) in [6.45, 7) is 4.23. The summed E-state index contributed by atoms with van der Waals surface area (Å²) < 4.78 is 11.1. The monoisotopic (exact) mass is 317 g/mol. The summed E-state index contributed by atoms with van der Waals surface area (Å²) in [5.41, 5.74) is 8.19. The highest BCUT2D eigenvalue weighted by Gasteiger charge is 2.20. The fourth-order valence-electron chi connectivity index (χ4n) is 2.60. The van der Waals surface area contributed by atoms with Gasteiger partial charge >= 0.3 is 5.97 Å². The zero-order valence-corrected chi connectivity index (χ0v) is 13.5. The van der Waals surface area contributed by atoms with E-state index in [9.17, 15) is 9.59 Å². The minimum absolute atomic E-state index is 0.149. The lowest BCUT2D eigenvalue weighted by Crippen LogP contribution is -2.29. The Morgan fingerprint density at radius 3 is 2.39 bits per heavy atom. The summed E-state index contributed by atoms with van der Waals surface area (Å²) in [7, 11) is 2.81. The van der Waals surface area contributed by atoms with Crippen molar-refractivity contribution >= 4 is 11.8 Å². The van der Waals surface area contributed by atoms with Gasteiger partial charge in [-0.2, -0.15) is 0 Å². The van der Waals surface area contributed by atoms with Crippen LogP contribution in [-0.4, -0.2) is 29.7 Å². The van der Waals surface area contributed by atoms with Crippen molar-refractivity contribution < 1.29 is 14.3 Å². The zero-order chi connectivity index (χ0) is 17.1. The molecule has 2 N–H and O–H groups in total. The highest BCUT2D eigenvalue weighted by Crippen LogP contribution is 2.21. The van der Waals surface area contributed by atoms with E-state index in [4.69, 9.17) is 10.5 Å². The molecule has 0 bridgehead atoms. The van der Waals surface area contributed by atoms with Crippen LogP contribution in [0.1, 0.15) is 27.0 Å². The number of aryl methyl sites for hydroxylation is 2. The molecule has 0 aliphatic carbocycles. The van der Waals surface area contributed by atoms with E-state index in [0.717, 1.165) is 16.7 Å². The molecule has 0 saturated heterocycles. The molecule has 2 aromatic rings. The predicted molar refractivity (Wildman–Crippen MR) is 85.8 cm³/mol. The van der Waals surface area contributed by atoms with E-state index in [-0.39, 0.29) is 11.4 Å². The van der Waals surface area contributed by atoms with Crippen LogP contribution in [0.2, 0.25) is 0 Å². The molecule has 0 spiro atoms. The highest BCUT2D eigenvalue weighted by molar-refractivity contribution is 5.93. The molecule has 1 heterocycles. The second-order valence-electron chi connectivity index (χ2n) is 5.18. The van der Waals surface area contributed by atoms with E-state index in [2.05, 4.69) is 9.72 Å². The third-order valence-corrected chi connectivity index (χ3v) is 3.49. The van der Waals surface area contributed by atoms with Gasteiger partial charge in [0.05, 0.1) is 19.4 Å². The summed E-state index contributed by atoms with van der Waals surface area (Å²) in [6, 6.07) is 3.85. The molecule has 7 heteroatoms. The minimum atomic E-state index is -0.805. The number of carbonyl (C=O) groups is 1. The number of esters is 1. The Bertz CT molecular complexity index is 788. The van der Waals surface area contributed by atoms with Crippen LogP contribution in [0, 0.1) is 13.8 Å². The third kappa shape index (κ3) is 3.09. The number of nitrogen functional groups attached to an aromatic ring is 1. The summed E-state index contributed by atoms with van der Waals surface area (Å²) in [6.07, 6.45) is 1.31. The maximum Gasteiger partial charge on any atom is 0.347 e. The van der Waals surface area contributed by atoms with Crippen molar-refractivity contribution in [3.63, 3.8) is 0 Å². The van der Waals surface area contributed by atoms with Crippen LogP contribution in [-0.2, 0) is 16.1 Å². The van der Waals surface area contributed by atoms with Gasteiger partial charge in [0.15, 0.2) is 5.56 Å². The molecule has 7 nitrogen and oxygen atoms in total. The maximum atomic E-state index is 12.6. The summed E-state index contributed by atoms with van der Waals surface area (Å²) in [5, 5.41) is 0. The van der Waals surface area contributed by atoms with Crippen LogP contribution in [0.15, 0.2) is 23.3 Å². The van der Waals surface area contributed by atoms with Gasteiger partial charge in [0, 0.05) is 7.11 Å². The van der Waals surface area contributed by atoms with Gasteiger partial charge < -0.3 is 15.2 Å². The lowest BCUT2D eigenvalue weighted by Gasteiger charge is -2.15. The Kier molecular flexibility index (Phi) is 4.80. The average molecular weight is 317 g/mol. The zero-order valence-electron chi connectivity index (χ0n) is 13.5. The normalized spacial score (nSPS) is 10.6. The SMILES string of the molecule is COCc1cc(C)c(-n2cnc(N)c(C(=O)OC)c2=O)c(C)c1. The van der Waals surface area contributed by atoms with Gasteiger partial charge in [0.1, 0.15) is 12.1 Å². The summed E-state index contributed by atoms with van der Waals surface area (Å²) in [5.74, 6) is -0.954. The third-order valence-electron chi connectivity index (χ3n) is 3.49. The number of nitrogens with two attached hydrogens (primary N) is 1. The van der Waals surface area contributed by atoms with Gasteiger partial charge in [-0.3, -0.25) is 9.36 Å². The smallest absolute Gasteiger partial charge is 0.347 e. The standard InChI is InChI=1S/C16H19N3O4/c1-9-5-11(7-22-3)6-10(2)13(9)19-8-18-14(17)12(15(19)20)16(21)23-4/h5-6,8H,7,17H2,1-4H3. The summed E-state index contributed by atoms with van der Waals surface area (Å²) >= 11 is 0. The van der Waals surface area contributed by atoms with Crippen molar-refractivity contribution in [2.75, 3.05) is 20.0 Å². The number of aromatic nitrogens is 2. The van der Waals surface area contributed by atoms with E-state index in [1.54, 1.807) is 7.11 Å². The number of carbonyl (C=O) groups excluding carboxylic acids is 1. The first-order chi connectivity index (χ1) is 10.9. The van der Waals surface area contributed by atoms with Crippen LogP contribution < -0.4 is 11.3 Å². The number of anilines is 1. The number of methoxy groups -OCH3 is 2. The first kappa shape index (κ1) is 16.7. The topological polar surface area (TPSA) is 96.4 Å². The van der Waals surface area contributed by atoms with Crippen molar-refractivity contribution in [2.45, 2.75) is 20.5 Å². The number of benzene rings is 1. The van der Waals surface area contributed by atoms with Crippen LogP contribution in [0.4, 0.5) is 5.82 Å². The molecule has 0 fully saturated rings. The molecule has 1 aromatic carbocycles. The van der Waals surface area contributed by atoms with Crippen molar-refractivity contribution in [3.05, 3.63) is 51.1 Å². The molecule has 1 aromatic heterocycles. The van der Waals surface area contributed by atoms with Gasteiger partial charge in [-0.25, -0.2) is 9.78 Å². The van der Waals surface area contributed by atoms with Crippen molar-refractivity contribution in [3.8, 4) is 5.69 Å². The Morgan fingerprint density at radius 1 is 1.26 bits per heavy atom. The molecular formula is C16H19N3O4. The van der Waals surface area contributed by atoms with E-state index in [0.29, 0.717) is 12.3 Å². The average Bonchev–Trinajstić information content (AvgIpc) is 2.49. The Labute approximate surface area is 133 Å². The first-order valence-corrected chi connectivity index (χ1v) is 6.95. The lowest BCUT2D eigenvalue weighted by atomic mass is 10.0. The molecule has 0 amide bonds. The molecule has 122 valence electrons. The number of rotatable bonds is 4. The first-order valence-electron chi connectivity index (χ1n) is 6.95. The van der Waals surface area contributed by atoms with Gasteiger partial charge in [0.2, 0.25) is 0 Å². The minimum Gasteiger partial charge on any atom is -0.465 e. The fourth-order valence-corrected chi connectivity index (χ4v) is 2.60. The molecule has 0 aliphatic rings. The van der Waals surface area contributed by atoms with Gasteiger partial charge in [-0.1, -0.05) is 12.1 Å². The molecule has 0 saturated carbocycles. The van der Waals surface area contributed by atoms with Crippen molar-refractivity contribution in [1.82, 2.24) is 9.55 Å². The number of hydrogen-bond acceptors (Lipinski definition) is 6. The number of ether oxygens (including phenoxy) is 2. The maximum absolute atomic E-state index is 12.6. The predicted octanol–water partition coefficient (Wildman–Crippen LogP) is 1.36. The number of nitrogens with zero attached hydrogens (tertiary/aromatic N) is 2. The second-order valence-corrected chi connectivity index (χ2v) is 5.18. The van der Waals surface area contributed by atoms with E-state index >= 15 is 0 Å². The second kappa shape index (κ2) is 6.62. The molecular weight excluding hydrogens is 298 g/mol. The van der Waals surface area contributed by atoms with E-state index in [1.807, 2.05) is 26.0 Å². The molecule has 2 rings (SSSR count). The highest BCUT2D eigenvalue weighted by atomic mass is 16.5. The fraction of sp³-hybridized carbons (Fsp3) is 0.312. The molecule has 0 aliphatic heterocycles. The Balaban J connectivity index is 2.69. The van der Waals surface area contributed by atoms with Crippen LogP contribution in [0.3, 0.4) is 0 Å². The van der Waals surface area contributed by atoms with Gasteiger partial charge in [-0.15, -0.1) is 0 Å². The quantitative estimate of drug-likeness (QED) is 0.855.